The normalized spacial score (nSPS) is 11.1. The Balaban J connectivity index is 2.05. The van der Waals surface area contributed by atoms with Crippen LogP contribution in [0.15, 0.2) is 36.7 Å². The Morgan fingerprint density at radius 2 is 2.21 bits per heavy atom. The first kappa shape index (κ1) is 12.7. The van der Waals surface area contributed by atoms with E-state index in [4.69, 9.17) is 23.8 Å². The van der Waals surface area contributed by atoms with Gasteiger partial charge >= 0.3 is 0 Å². The van der Waals surface area contributed by atoms with Gasteiger partial charge in [-0.15, -0.1) is 11.3 Å². The fraction of sp³-hybridized carbons (Fsp3) is 0.0769. The lowest BCUT2D eigenvalue weighted by molar-refractivity contribution is 0.603. The Labute approximate surface area is 123 Å². The van der Waals surface area contributed by atoms with Crippen molar-refractivity contribution in [3.05, 3.63) is 57.0 Å². The van der Waals surface area contributed by atoms with Crippen molar-refractivity contribution in [3.8, 4) is 10.6 Å². The van der Waals surface area contributed by atoms with Gasteiger partial charge in [0.1, 0.15) is 11.0 Å². The molecule has 0 aliphatic carbocycles. The average Bonchev–Trinajstić information content (AvgIpc) is 2.72. The van der Waals surface area contributed by atoms with Gasteiger partial charge in [-0.05, 0) is 23.8 Å². The van der Waals surface area contributed by atoms with Crippen molar-refractivity contribution in [3.63, 3.8) is 0 Å². The van der Waals surface area contributed by atoms with Crippen LogP contribution in [0.2, 0.25) is 5.15 Å². The van der Waals surface area contributed by atoms with Crippen LogP contribution in [0.5, 0.6) is 0 Å². The first-order valence-corrected chi connectivity index (χ1v) is 7.12. The maximum Gasteiger partial charge on any atom is 0.140 e. The molecule has 2 aliphatic heterocycles. The zero-order valence-corrected chi connectivity index (χ0v) is 12.0. The highest BCUT2D eigenvalue weighted by Gasteiger charge is 2.11. The lowest BCUT2D eigenvalue weighted by atomic mass is 10.2. The third kappa shape index (κ3) is 2.68. The van der Waals surface area contributed by atoms with E-state index in [0.29, 0.717) is 11.7 Å². The van der Waals surface area contributed by atoms with Crippen molar-refractivity contribution < 1.29 is 4.39 Å². The van der Waals surface area contributed by atoms with Crippen molar-refractivity contribution >= 4 is 35.2 Å². The molecule has 0 saturated carbocycles. The van der Waals surface area contributed by atoms with Crippen LogP contribution in [0.4, 0.5) is 4.39 Å². The molecule has 0 saturated heterocycles. The minimum Gasteiger partial charge on any atom is -0.339 e. The van der Waals surface area contributed by atoms with Crippen LogP contribution < -0.4 is 0 Å². The number of hydrogen-bond donors (Lipinski definition) is 0. The molecule has 0 N–H and O–H groups in total. The fourth-order valence-electron chi connectivity index (χ4n) is 1.91. The van der Waals surface area contributed by atoms with Gasteiger partial charge in [-0.25, -0.2) is 9.37 Å². The van der Waals surface area contributed by atoms with Crippen molar-refractivity contribution in [2.45, 2.75) is 6.54 Å². The second-order valence-corrected chi connectivity index (χ2v) is 6.26. The fourth-order valence-corrected chi connectivity index (χ4v) is 3.24. The first-order chi connectivity index (χ1) is 9.11. The number of rotatable bonds is 2. The van der Waals surface area contributed by atoms with Crippen molar-refractivity contribution in [1.29, 1.82) is 0 Å². The average molecular weight is 311 g/mol. The lowest BCUT2D eigenvalue weighted by Crippen LogP contribution is -2.04. The summed E-state index contributed by atoms with van der Waals surface area (Å²) in [6.45, 7) is 0.532. The van der Waals surface area contributed by atoms with Crippen LogP contribution in [0.25, 0.3) is 10.6 Å². The minimum atomic E-state index is -0.272. The van der Waals surface area contributed by atoms with Gasteiger partial charge in [0.25, 0.3) is 0 Å². The molecule has 0 unspecified atom stereocenters. The van der Waals surface area contributed by atoms with Gasteiger partial charge in [0.15, 0.2) is 0 Å². The summed E-state index contributed by atoms with van der Waals surface area (Å²) in [7, 11) is 0. The van der Waals surface area contributed by atoms with E-state index in [1.165, 1.54) is 23.6 Å². The summed E-state index contributed by atoms with van der Waals surface area (Å²) in [5, 5.41) is 0.446. The standard InChI is InChI=1S/C13H8ClFN2S2/c14-12-2-1-8(5-16-12)6-17-7-9(15)3-11-10(17)4-13(18)19-11/h1-5,7H,6H2. The lowest BCUT2D eigenvalue weighted by Gasteiger charge is -2.12. The first-order valence-electron chi connectivity index (χ1n) is 5.52. The third-order valence-electron chi connectivity index (χ3n) is 2.72. The molecule has 1 aromatic heterocycles. The molecule has 2 aliphatic rings. The number of aromatic nitrogens is 2. The Bertz CT molecular complexity index is 748. The van der Waals surface area contributed by atoms with E-state index in [1.807, 2.05) is 16.7 Å². The summed E-state index contributed by atoms with van der Waals surface area (Å²) in [5.41, 5.74) is 1.89. The maximum absolute atomic E-state index is 13.6. The molecular weight excluding hydrogens is 303 g/mol. The highest BCUT2D eigenvalue weighted by molar-refractivity contribution is 7.73. The quantitative estimate of drug-likeness (QED) is 0.508. The summed E-state index contributed by atoms with van der Waals surface area (Å²) in [5.74, 6) is -0.272. The van der Waals surface area contributed by atoms with E-state index >= 15 is 0 Å². The van der Waals surface area contributed by atoms with E-state index in [-0.39, 0.29) is 5.82 Å². The Morgan fingerprint density at radius 1 is 1.37 bits per heavy atom. The summed E-state index contributed by atoms with van der Waals surface area (Å²) in [6.07, 6.45) is 3.16. The molecule has 3 rings (SSSR count). The van der Waals surface area contributed by atoms with E-state index in [9.17, 15) is 4.39 Å². The molecule has 0 fully saturated rings. The highest BCUT2D eigenvalue weighted by atomic mass is 35.5. The van der Waals surface area contributed by atoms with Crippen LogP contribution in [0.1, 0.15) is 5.56 Å². The Hall–Kier alpha value is -1.30. The number of hydrogen-bond acceptors (Lipinski definition) is 3. The number of thiophene rings is 1. The predicted octanol–water partition coefficient (Wildman–Crippen LogP) is 4.62. The topological polar surface area (TPSA) is 17.8 Å². The molecule has 0 radical (unpaired) electrons. The second kappa shape index (κ2) is 5.00. The summed E-state index contributed by atoms with van der Waals surface area (Å²) in [4.78, 5) is 4.88. The number of nitrogens with zero attached hydrogens (tertiary/aromatic N) is 2. The number of halogens is 2. The molecule has 0 amide bonds. The zero-order valence-electron chi connectivity index (χ0n) is 9.64. The summed E-state index contributed by atoms with van der Waals surface area (Å²) in [6, 6.07) is 6.99. The Kier molecular flexibility index (Phi) is 3.35. The molecule has 0 atom stereocenters. The van der Waals surface area contributed by atoms with Gasteiger partial charge in [-0.2, -0.15) is 0 Å². The molecule has 0 aromatic carbocycles. The van der Waals surface area contributed by atoms with Gasteiger partial charge < -0.3 is 4.57 Å². The molecule has 3 heterocycles. The smallest absolute Gasteiger partial charge is 0.140 e. The molecular formula is C13H8ClFN2S2. The van der Waals surface area contributed by atoms with Gasteiger partial charge in [0, 0.05) is 18.9 Å². The van der Waals surface area contributed by atoms with Gasteiger partial charge in [-0.1, -0.05) is 29.9 Å². The van der Waals surface area contributed by atoms with Crippen LogP contribution in [-0.4, -0.2) is 9.55 Å². The van der Waals surface area contributed by atoms with Gasteiger partial charge in [0.2, 0.25) is 0 Å². The summed E-state index contributed by atoms with van der Waals surface area (Å²) < 4.78 is 16.2. The van der Waals surface area contributed by atoms with Gasteiger partial charge in [0.05, 0.1) is 14.4 Å². The summed E-state index contributed by atoms with van der Waals surface area (Å²) >= 11 is 12.3. The second-order valence-electron chi connectivity index (χ2n) is 4.09. The van der Waals surface area contributed by atoms with Crippen LogP contribution in [0.3, 0.4) is 0 Å². The zero-order chi connectivity index (χ0) is 13.4. The maximum atomic E-state index is 13.6. The monoisotopic (exact) mass is 310 g/mol. The SMILES string of the molecule is Fc1cc2sc(=S)cc-2n(Cc2ccc(Cl)nc2)c1. The van der Waals surface area contributed by atoms with E-state index in [2.05, 4.69) is 4.98 Å². The molecule has 6 heteroatoms. The molecule has 2 nitrogen and oxygen atoms in total. The van der Waals surface area contributed by atoms with E-state index < -0.39 is 0 Å². The van der Waals surface area contributed by atoms with Crippen LogP contribution in [0, 0.1) is 9.64 Å². The van der Waals surface area contributed by atoms with Crippen molar-refractivity contribution in [2.24, 2.45) is 0 Å². The minimum absolute atomic E-state index is 0.272. The largest absolute Gasteiger partial charge is 0.339 e. The molecule has 0 bridgehead atoms. The molecule has 1 aromatic rings. The predicted molar refractivity (Wildman–Crippen MR) is 78.1 cm³/mol. The third-order valence-corrected chi connectivity index (χ3v) is 4.17. The molecule has 96 valence electrons. The highest BCUT2D eigenvalue weighted by Crippen LogP contribution is 2.30. The number of pyridine rings is 2. The van der Waals surface area contributed by atoms with Crippen molar-refractivity contribution in [2.75, 3.05) is 0 Å². The van der Waals surface area contributed by atoms with Crippen LogP contribution in [-0.2, 0) is 6.54 Å². The Morgan fingerprint density at radius 3 is 2.95 bits per heavy atom. The van der Waals surface area contributed by atoms with E-state index in [1.54, 1.807) is 12.3 Å². The molecule has 19 heavy (non-hydrogen) atoms. The van der Waals surface area contributed by atoms with E-state index in [0.717, 1.165) is 20.0 Å². The van der Waals surface area contributed by atoms with Gasteiger partial charge in [-0.3, -0.25) is 0 Å². The van der Waals surface area contributed by atoms with Crippen molar-refractivity contribution in [1.82, 2.24) is 9.55 Å². The van der Waals surface area contributed by atoms with Crippen LogP contribution >= 0.6 is 35.2 Å². The molecule has 0 spiro atoms. The number of fused-ring (bicyclic) bond motifs is 1.